The van der Waals surface area contributed by atoms with Gasteiger partial charge in [-0.15, -0.1) is 0 Å². The molecule has 2 aromatic carbocycles. The summed E-state index contributed by atoms with van der Waals surface area (Å²) in [6.45, 7) is 0.315. The Morgan fingerprint density at radius 3 is 2.54 bits per heavy atom. The molecule has 130 valence electrons. The third kappa shape index (κ3) is 4.87. The van der Waals surface area contributed by atoms with Crippen LogP contribution >= 0.6 is 11.6 Å². The summed E-state index contributed by atoms with van der Waals surface area (Å²) in [6, 6.07) is 12.2. The van der Waals surface area contributed by atoms with Gasteiger partial charge < -0.3 is 9.47 Å². The van der Waals surface area contributed by atoms with E-state index in [1.807, 2.05) is 24.3 Å². The first kappa shape index (κ1) is 18.6. The van der Waals surface area contributed by atoms with Gasteiger partial charge in [-0.05, 0) is 42.7 Å². The molecule has 5 nitrogen and oxygen atoms in total. The summed E-state index contributed by atoms with van der Waals surface area (Å²) < 4.78 is 37.8. The average Bonchev–Trinajstić information content (AvgIpc) is 2.58. The van der Waals surface area contributed by atoms with E-state index in [4.69, 9.17) is 21.1 Å². The molecule has 24 heavy (non-hydrogen) atoms. The van der Waals surface area contributed by atoms with E-state index < -0.39 is 10.0 Å². The first-order chi connectivity index (χ1) is 11.5. The lowest BCUT2D eigenvalue weighted by Crippen LogP contribution is -2.25. The van der Waals surface area contributed by atoms with Crippen molar-refractivity contribution in [3.63, 3.8) is 0 Å². The number of ether oxygens (including phenoxy) is 2. The molecule has 0 heterocycles. The van der Waals surface area contributed by atoms with Gasteiger partial charge >= 0.3 is 0 Å². The first-order valence-corrected chi connectivity index (χ1v) is 9.28. The van der Waals surface area contributed by atoms with E-state index in [0.717, 1.165) is 12.0 Å². The van der Waals surface area contributed by atoms with Crippen molar-refractivity contribution in [3.05, 3.63) is 53.1 Å². The third-order valence-electron chi connectivity index (χ3n) is 3.48. The van der Waals surface area contributed by atoms with Crippen LogP contribution < -0.4 is 14.2 Å². The van der Waals surface area contributed by atoms with Gasteiger partial charge in [-0.3, -0.25) is 0 Å². The van der Waals surface area contributed by atoms with Gasteiger partial charge in [0.25, 0.3) is 0 Å². The first-order valence-electron chi connectivity index (χ1n) is 7.42. The maximum absolute atomic E-state index is 12.5. The highest BCUT2D eigenvalue weighted by Crippen LogP contribution is 2.27. The zero-order chi connectivity index (χ0) is 17.6. The van der Waals surface area contributed by atoms with Crippen LogP contribution in [-0.4, -0.2) is 29.2 Å². The number of rotatable bonds is 8. The maximum atomic E-state index is 12.5. The van der Waals surface area contributed by atoms with Crippen LogP contribution in [0.1, 0.15) is 12.0 Å². The minimum absolute atomic E-state index is 0.0621. The summed E-state index contributed by atoms with van der Waals surface area (Å²) in [7, 11) is -0.766. The largest absolute Gasteiger partial charge is 0.497 e. The van der Waals surface area contributed by atoms with Crippen molar-refractivity contribution in [1.82, 2.24) is 4.72 Å². The van der Waals surface area contributed by atoms with Crippen molar-refractivity contribution >= 4 is 21.6 Å². The minimum atomic E-state index is -3.68. The fourth-order valence-electron chi connectivity index (χ4n) is 2.26. The molecule has 1 N–H and O–H groups in total. The van der Waals surface area contributed by atoms with E-state index in [2.05, 4.69) is 4.72 Å². The zero-order valence-corrected chi connectivity index (χ0v) is 15.2. The number of nitrogens with one attached hydrogen (secondary N) is 1. The van der Waals surface area contributed by atoms with Crippen LogP contribution in [0.2, 0.25) is 5.02 Å². The van der Waals surface area contributed by atoms with Crippen molar-refractivity contribution in [2.45, 2.75) is 17.7 Å². The minimum Gasteiger partial charge on any atom is -0.497 e. The highest BCUT2D eigenvalue weighted by atomic mass is 35.5. The second-order valence-electron chi connectivity index (χ2n) is 5.15. The van der Waals surface area contributed by atoms with Crippen molar-refractivity contribution in [3.8, 4) is 11.5 Å². The van der Waals surface area contributed by atoms with Crippen LogP contribution in [0.5, 0.6) is 11.5 Å². The highest BCUT2D eigenvalue weighted by molar-refractivity contribution is 7.89. The molecule has 2 aromatic rings. The second kappa shape index (κ2) is 8.37. The van der Waals surface area contributed by atoms with Crippen molar-refractivity contribution in [2.75, 3.05) is 20.8 Å². The van der Waals surface area contributed by atoms with Gasteiger partial charge in [-0.2, -0.15) is 0 Å². The Kier molecular flexibility index (Phi) is 6.48. The fraction of sp³-hybridized carbons (Fsp3) is 0.294. The topological polar surface area (TPSA) is 64.6 Å². The van der Waals surface area contributed by atoms with Crippen molar-refractivity contribution < 1.29 is 17.9 Å². The molecule has 0 atom stereocenters. The SMILES string of the molecule is COc1ccc(OC)c(S(=O)(=O)NCCCc2cccc(Cl)c2)c1. The highest BCUT2D eigenvalue weighted by Gasteiger charge is 2.20. The average molecular weight is 370 g/mol. The molecule has 0 bridgehead atoms. The maximum Gasteiger partial charge on any atom is 0.244 e. The number of sulfonamides is 1. The number of halogens is 1. The Hall–Kier alpha value is -1.76. The molecule has 0 saturated heterocycles. The lowest BCUT2D eigenvalue weighted by atomic mass is 10.1. The molecule has 0 radical (unpaired) electrons. The Morgan fingerprint density at radius 1 is 1.08 bits per heavy atom. The molecule has 7 heteroatoms. The summed E-state index contributed by atoms with van der Waals surface area (Å²) in [4.78, 5) is 0.0621. The van der Waals surface area contributed by atoms with E-state index in [0.29, 0.717) is 23.7 Å². The summed E-state index contributed by atoms with van der Waals surface area (Å²) in [6.07, 6.45) is 1.39. The smallest absolute Gasteiger partial charge is 0.244 e. The van der Waals surface area contributed by atoms with Crippen LogP contribution in [0, 0.1) is 0 Å². The van der Waals surface area contributed by atoms with Crippen LogP contribution in [0.25, 0.3) is 0 Å². The molecule has 2 rings (SSSR count). The summed E-state index contributed by atoms with van der Waals surface area (Å²) in [5.74, 6) is 0.730. The van der Waals surface area contributed by atoms with Gasteiger partial charge in [-0.25, -0.2) is 13.1 Å². The molecule has 0 amide bonds. The Bertz CT molecular complexity index is 793. The summed E-state index contributed by atoms with van der Waals surface area (Å²) >= 11 is 5.93. The molecule has 0 aromatic heterocycles. The number of aryl methyl sites for hydroxylation is 1. The number of benzene rings is 2. The second-order valence-corrected chi connectivity index (χ2v) is 7.32. The molecule has 0 spiro atoms. The predicted molar refractivity (Wildman–Crippen MR) is 94.5 cm³/mol. The Morgan fingerprint density at radius 2 is 1.88 bits per heavy atom. The van der Waals surface area contributed by atoms with Gasteiger partial charge in [0.2, 0.25) is 10.0 Å². The Balaban J connectivity index is 2.01. The van der Waals surface area contributed by atoms with E-state index in [1.165, 1.54) is 20.3 Å². The van der Waals surface area contributed by atoms with Crippen LogP contribution in [-0.2, 0) is 16.4 Å². The van der Waals surface area contributed by atoms with Crippen LogP contribution in [0.3, 0.4) is 0 Å². The summed E-state index contributed by atoms with van der Waals surface area (Å²) in [5, 5.41) is 0.675. The van der Waals surface area contributed by atoms with Gasteiger partial charge in [0.1, 0.15) is 16.4 Å². The molecule has 0 fully saturated rings. The van der Waals surface area contributed by atoms with Gasteiger partial charge in [0.15, 0.2) is 0 Å². The van der Waals surface area contributed by atoms with Crippen molar-refractivity contribution in [1.29, 1.82) is 0 Å². The zero-order valence-electron chi connectivity index (χ0n) is 13.6. The number of methoxy groups -OCH3 is 2. The lowest BCUT2D eigenvalue weighted by molar-refractivity contribution is 0.392. The van der Waals surface area contributed by atoms with E-state index in [9.17, 15) is 8.42 Å². The molecular weight excluding hydrogens is 350 g/mol. The van der Waals surface area contributed by atoms with Gasteiger partial charge in [0, 0.05) is 17.6 Å². The van der Waals surface area contributed by atoms with Gasteiger partial charge in [-0.1, -0.05) is 23.7 Å². The third-order valence-corrected chi connectivity index (χ3v) is 5.20. The monoisotopic (exact) mass is 369 g/mol. The molecule has 0 unspecified atom stereocenters. The lowest BCUT2D eigenvalue weighted by Gasteiger charge is -2.12. The van der Waals surface area contributed by atoms with E-state index in [-0.39, 0.29) is 10.6 Å². The standard InChI is InChI=1S/C17H20ClNO4S/c1-22-15-8-9-16(23-2)17(12-15)24(20,21)19-10-4-6-13-5-3-7-14(18)11-13/h3,5,7-9,11-12,19H,4,6,10H2,1-2H3. The number of hydrogen-bond donors (Lipinski definition) is 1. The molecular formula is C17H20ClNO4S. The van der Waals surface area contributed by atoms with Crippen LogP contribution in [0.15, 0.2) is 47.4 Å². The molecule has 0 aliphatic rings. The van der Waals surface area contributed by atoms with Crippen molar-refractivity contribution in [2.24, 2.45) is 0 Å². The number of hydrogen-bond acceptors (Lipinski definition) is 4. The Labute approximate surface area is 147 Å². The molecule has 0 aliphatic carbocycles. The predicted octanol–water partition coefficient (Wildman–Crippen LogP) is 3.27. The summed E-state index contributed by atoms with van der Waals surface area (Å²) in [5.41, 5.74) is 1.07. The molecule has 0 saturated carbocycles. The fourth-order valence-corrected chi connectivity index (χ4v) is 3.73. The van der Waals surface area contributed by atoms with Crippen LogP contribution in [0.4, 0.5) is 0 Å². The quantitative estimate of drug-likeness (QED) is 0.725. The van der Waals surface area contributed by atoms with E-state index >= 15 is 0 Å². The normalized spacial score (nSPS) is 11.3. The molecule has 0 aliphatic heterocycles. The van der Waals surface area contributed by atoms with Gasteiger partial charge in [0.05, 0.1) is 14.2 Å². The van der Waals surface area contributed by atoms with E-state index in [1.54, 1.807) is 12.1 Å².